The summed E-state index contributed by atoms with van der Waals surface area (Å²) in [7, 11) is 1.82. The highest BCUT2D eigenvalue weighted by atomic mass is 79.9. The number of aromatic nitrogens is 3. The number of aryl methyl sites for hydroxylation is 1. The predicted molar refractivity (Wildman–Crippen MR) is 68.5 cm³/mol. The summed E-state index contributed by atoms with van der Waals surface area (Å²) in [4.78, 5) is 4.11. The summed E-state index contributed by atoms with van der Waals surface area (Å²) in [6, 6.07) is 5.82. The highest BCUT2D eigenvalue weighted by Crippen LogP contribution is 2.26. The lowest BCUT2D eigenvalue weighted by Gasteiger charge is -2.14. The molecule has 2 aromatic rings. The number of aliphatic hydroxyl groups is 1. The van der Waals surface area contributed by atoms with Crippen molar-refractivity contribution in [3.05, 3.63) is 46.0 Å². The molecule has 1 heterocycles. The molecule has 5 heteroatoms. The van der Waals surface area contributed by atoms with Crippen molar-refractivity contribution in [1.29, 1.82) is 0 Å². The van der Waals surface area contributed by atoms with E-state index in [4.69, 9.17) is 0 Å². The Morgan fingerprint density at radius 2 is 2.24 bits per heavy atom. The van der Waals surface area contributed by atoms with Crippen LogP contribution in [0, 0.1) is 6.92 Å². The zero-order valence-electron chi connectivity index (χ0n) is 9.76. The third-order valence-corrected chi connectivity index (χ3v) is 3.71. The Morgan fingerprint density at radius 3 is 2.88 bits per heavy atom. The molecule has 0 radical (unpaired) electrons. The lowest BCUT2D eigenvalue weighted by atomic mass is 10.0. The van der Waals surface area contributed by atoms with Gasteiger partial charge in [-0.25, -0.2) is 4.98 Å². The molecule has 1 aromatic carbocycles. The van der Waals surface area contributed by atoms with Gasteiger partial charge < -0.3 is 5.11 Å². The van der Waals surface area contributed by atoms with Crippen molar-refractivity contribution in [2.45, 2.75) is 19.4 Å². The van der Waals surface area contributed by atoms with E-state index in [9.17, 15) is 5.11 Å². The van der Waals surface area contributed by atoms with Crippen LogP contribution in [0.5, 0.6) is 0 Å². The van der Waals surface area contributed by atoms with E-state index in [1.165, 1.54) is 6.33 Å². The fourth-order valence-electron chi connectivity index (χ4n) is 1.77. The Bertz CT molecular complexity index is 524. The zero-order valence-corrected chi connectivity index (χ0v) is 11.3. The third-order valence-electron chi connectivity index (χ3n) is 2.85. The molecule has 0 aliphatic rings. The summed E-state index contributed by atoms with van der Waals surface area (Å²) in [5.74, 6) is 0.775. The van der Waals surface area contributed by atoms with Crippen LogP contribution < -0.4 is 0 Å². The van der Waals surface area contributed by atoms with Crippen LogP contribution in [-0.2, 0) is 13.5 Å². The number of hydrogen-bond donors (Lipinski definition) is 1. The van der Waals surface area contributed by atoms with E-state index >= 15 is 0 Å². The van der Waals surface area contributed by atoms with Crippen LogP contribution in [-0.4, -0.2) is 19.9 Å². The first kappa shape index (κ1) is 12.3. The molecule has 0 aliphatic carbocycles. The minimum atomic E-state index is -0.560. The summed E-state index contributed by atoms with van der Waals surface area (Å²) in [5.41, 5.74) is 1.98. The van der Waals surface area contributed by atoms with Crippen LogP contribution in [0.25, 0.3) is 0 Å². The van der Waals surface area contributed by atoms with Gasteiger partial charge in [-0.2, -0.15) is 5.10 Å². The minimum absolute atomic E-state index is 0.466. The molecule has 0 saturated heterocycles. The molecule has 1 aromatic heterocycles. The molecule has 0 fully saturated rings. The molecule has 1 atom stereocenters. The van der Waals surface area contributed by atoms with E-state index in [2.05, 4.69) is 26.0 Å². The Labute approximate surface area is 108 Å². The second kappa shape index (κ2) is 4.98. The van der Waals surface area contributed by atoms with Crippen LogP contribution in [0.3, 0.4) is 0 Å². The van der Waals surface area contributed by atoms with E-state index in [1.54, 1.807) is 4.68 Å². The SMILES string of the molecule is Cc1c(Br)cccc1C(O)Cc1ncnn1C. The van der Waals surface area contributed by atoms with Crippen LogP contribution >= 0.6 is 15.9 Å². The summed E-state index contributed by atoms with van der Waals surface area (Å²) < 4.78 is 2.68. The maximum Gasteiger partial charge on any atom is 0.138 e. The van der Waals surface area contributed by atoms with Crippen LogP contribution in [0.2, 0.25) is 0 Å². The highest BCUT2D eigenvalue weighted by molar-refractivity contribution is 9.10. The van der Waals surface area contributed by atoms with Gasteiger partial charge in [-0.05, 0) is 24.1 Å². The molecular formula is C12H14BrN3O. The molecule has 0 amide bonds. The molecule has 1 unspecified atom stereocenters. The largest absolute Gasteiger partial charge is 0.388 e. The van der Waals surface area contributed by atoms with Crippen LogP contribution in [0.1, 0.15) is 23.1 Å². The minimum Gasteiger partial charge on any atom is -0.388 e. The second-order valence-corrected chi connectivity index (χ2v) is 4.83. The van der Waals surface area contributed by atoms with E-state index < -0.39 is 6.10 Å². The molecule has 0 spiro atoms. The quantitative estimate of drug-likeness (QED) is 0.944. The zero-order chi connectivity index (χ0) is 12.4. The summed E-state index contributed by atoms with van der Waals surface area (Å²) in [5, 5.41) is 14.2. The molecule has 17 heavy (non-hydrogen) atoms. The molecule has 0 aliphatic heterocycles. The monoisotopic (exact) mass is 295 g/mol. The number of nitrogens with zero attached hydrogens (tertiary/aromatic N) is 3. The van der Waals surface area contributed by atoms with E-state index in [-0.39, 0.29) is 0 Å². The van der Waals surface area contributed by atoms with Gasteiger partial charge in [-0.1, -0.05) is 28.1 Å². The molecule has 2 rings (SSSR count). The third kappa shape index (κ3) is 2.56. The summed E-state index contributed by atoms with van der Waals surface area (Å²) >= 11 is 3.46. The van der Waals surface area contributed by atoms with Gasteiger partial charge in [0.25, 0.3) is 0 Å². The van der Waals surface area contributed by atoms with Gasteiger partial charge in [0.1, 0.15) is 12.2 Å². The smallest absolute Gasteiger partial charge is 0.138 e. The Balaban J connectivity index is 2.23. The summed E-state index contributed by atoms with van der Waals surface area (Å²) in [6.07, 6.45) is 1.40. The van der Waals surface area contributed by atoms with Crippen molar-refractivity contribution in [3.8, 4) is 0 Å². The Hall–Kier alpha value is -1.20. The van der Waals surface area contributed by atoms with Crippen molar-refractivity contribution in [3.63, 3.8) is 0 Å². The number of aliphatic hydroxyl groups excluding tert-OH is 1. The number of benzene rings is 1. The maximum atomic E-state index is 10.2. The van der Waals surface area contributed by atoms with Gasteiger partial charge in [-0.3, -0.25) is 4.68 Å². The first-order valence-corrected chi connectivity index (χ1v) is 6.15. The standard InChI is InChI=1S/C12H14BrN3O/c1-8-9(4-3-5-10(8)13)11(17)6-12-14-7-15-16(12)2/h3-5,7,11,17H,6H2,1-2H3. The number of hydrogen-bond acceptors (Lipinski definition) is 3. The molecule has 0 saturated carbocycles. The van der Waals surface area contributed by atoms with Crippen molar-refractivity contribution >= 4 is 15.9 Å². The maximum absolute atomic E-state index is 10.2. The van der Waals surface area contributed by atoms with Gasteiger partial charge in [0.2, 0.25) is 0 Å². The number of rotatable bonds is 3. The van der Waals surface area contributed by atoms with Gasteiger partial charge in [0.05, 0.1) is 6.10 Å². The van der Waals surface area contributed by atoms with Gasteiger partial charge in [0, 0.05) is 17.9 Å². The van der Waals surface area contributed by atoms with Gasteiger partial charge in [0.15, 0.2) is 0 Å². The Morgan fingerprint density at radius 1 is 1.47 bits per heavy atom. The van der Waals surface area contributed by atoms with E-state index in [1.807, 2.05) is 32.2 Å². The van der Waals surface area contributed by atoms with E-state index in [0.717, 1.165) is 21.4 Å². The fourth-order valence-corrected chi connectivity index (χ4v) is 2.15. The van der Waals surface area contributed by atoms with Crippen LogP contribution in [0.15, 0.2) is 29.0 Å². The van der Waals surface area contributed by atoms with Crippen molar-refractivity contribution in [2.24, 2.45) is 7.05 Å². The first-order valence-electron chi connectivity index (χ1n) is 5.35. The molecule has 4 nitrogen and oxygen atoms in total. The first-order chi connectivity index (χ1) is 8.09. The van der Waals surface area contributed by atoms with Crippen molar-refractivity contribution < 1.29 is 5.11 Å². The highest BCUT2D eigenvalue weighted by Gasteiger charge is 2.14. The average Bonchev–Trinajstić information content (AvgIpc) is 2.68. The lowest BCUT2D eigenvalue weighted by molar-refractivity contribution is 0.173. The fraction of sp³-hybridized carbons (Fsp3) is 0.333. The number of halogens is 1. The molecule has 90 valence electrons. The molecular weight excluding hydrogens is 282 g/mol. The normalized spacial score (nSPS) is 12.7. The lowest BCUT2D eigenvalue weighted by Crippen LogP contribution is -2.09. The van der Waals surface area contributed by atoms with Gasteiger partial charge in [-0.15, -0.1) is 0 Å². The Kier molecular flexibility index (Phi) is 3.59. The molecule has 1 N–H and O–H groups in total. The summed E-state index contributed by atoms with van der Waals surface area (Å²) in [6.45, 7) is 1.99. The van der Waals surface area contributed by atoms with Crippen molar-refractivity contribution in [1.82, 2.24) is 14.8 Å². The second-order valence-electron chi connectivity index (χ2n) is 3.97. The van der Waals surface area contributed by atoms with Crippen molar-refractivity contribution in [2.75, 3.05) is 0 Å². The van der Waals surface area contributed by atoms with Gasteiger partial charge >= 0.3 is 0 Å². The average molecular weight is 296 g/mol. The predicted octanol–water partition coefficient (Wildman–Crippen LogP) is 2.16. The van der Waals surface area contributed by atoms with E-state index in [0.29, 0.717) is 6.42 Å². The molecule has 0 bridgehead atoms. The topological polar surface area (TPSA) is 50.9 Å². The van der Waals surface area contributed by atoms with Crippen LogP contribution in [0.4, 0.5) is 0 Å².